The van der Waals surface area contributed by atoms with Crippen molar-refractivity contribution in [1.82, 2.24) is 9.80 Å². The molecule has 174 valence electrons. The van der Waals surface area contributed by atoms with Crippen LogP contribution in [-0.4, -0.2) is 79.1 Å². The Kier molecular flexibility index (Phi) is 8.17. The minimum atomic E-state index is -1.46. The van der Waals surface area contributed by atoms with Gasteiger partial charge in [-0.25, -0.2) is 0 Å². The van der Waals surface area contributed by atoms with Crippen LogP contribution >= 0.6 is 11.6 Å². The second-order valence-corrected chi connectivity index (χ2v) is 7.98. The maximum Gasteiger partial charge on any atom is 0.269 e. The summed E-state index contributed by atoms with van der Waals surface area (Å²) in [6.45, 7) is 2.17. The molecule has 2 atom stereocenters. The van der Waals surface area contributed by atoms with Crippen LogP contribution in [0.15, 0.2) is 18.2 Å². The molecule has 2 heterocycles. The van der Waals surface area contributed by atoms with Gasteiger partial charge in [-0.15, -0.1) is 0 Å². The first-order chi connectivity index (χ1) is 15.9. The molecule has 12 heteroatoms. The van der Waals surface area contributed by atoms with Gasteiger partial charge < -0.3 is 19.3 Å². The SMILES string of the molecule is N#C[C@H](C(=O)N1CCOCC1)C(c1cc([N+](=O)[O-])ccc1Cl)[C@H](C#N)C(=O)N1CCOCC1. The summed E-state index contributed by atoms with van der Waals surface area (Å²) in [4.78, 5) is 40.2. The molecule has 2 aliphatic heterocycles. The normalized spacial score (nSPS) is 18.2. The van der Waals surface area contributed by atoms with Gasteiger partial charge >= 0.3 is 0 Å². The van der Waals surface area contributed by atoms with Crippen LogP contribution in [0.25, 0.3) is 0 Å². The lowest BCUT2D eigenvalue weighted by Gasteiger charge is -2.35. The van der Waals surface area contributed by atoms with Gasteiger partial charge in [0.25, 0.3) is 5.69 Å². The molecule has 0 bridgehead atoms. The first-order valence-electron chi connectivity index (χ1n) is 10.3. The van der Waals surface area contributed by atoms with Crippen LogP contribution in [0.2, 0.25) is 5.02 Å². The summed E-state index contributed by atoms with van der Waals surface area (Å²) in [6, 6.07) is 7.45. The molecule has 0 aliphatic carbocycles. The van der Waals surface area contributed by atoms with Crippen molar-refractivity contribution < 1.29 is 24.0 Å². The summed E-state index contributed by atoms with van der Waals surface area (Å²) in [5, 5.41) is 31.4. The molecule has 2 aliphatic rings. The molecule has 0 aromatic heterocycles. The number of carbonyl (C=O) groups excluding carboxylic acids is 2. The molecule has 11 nitrogen and oxygen atoms in total. The highest BCUT2D eigenvalue weighted by molar-refractivity contribution is 6.31. The minimum absolute atomic E-state index is 0.0238. The number of carbonyl (C=O) groups is 2. The Bertz CT molecular complexity index is 946. The van der Waals surface area contributed by atoms with Gasteiger partial charge in [0, 0.05) is 49.3 Å². The van der Waals surface area contributed by atoms with Gasteiger partial charge in [-0.05, 0) is 11.6 Å². The largest absolute Gasteiger partial charge is 0.378 e. The van der Waals surface area contributed by atoms with E-state index in [0.29, 0.717) is 26.4 Å². The fourth-order valence-electron chi connectivity index (χ4n) is 3.99. The maximum atomic E-state index is 13.3. The summed E-state index contributed by atoms with van der Waals surface area (Å²) < 4.78 is 10.5. The minimum Gasteiger partial charge on any atom is -0.378 e. The molecule has 2 fully saturated rings. The highest BCUT2D eigenvalue weighted by atomic mass is 35.5. The van der Waals surface area contributed by atoms with Crippen LogP contribution in [-0.2, 0) is 19.1 Å². The van der Waals surface area contributed by atoms with E-state index in [2.05, 4.69) is 0 Å². The van der Waals surface area contributed by atoms with Gasteiger partial charge in [0.15, 0.2) is 0 Å². The zero-order chi connectivity index (χ0) is 24.0. The number of nitro benzene ring substituents is 1. The van der Waals surface area contributed by atoms with E-state index in [9.17, 15) is 30.2 Å². The molecule has 33 heavy (non-hydrogen) atoms. The van der Waals surface area contributed by atoms with Crippen LogP contribution in [0.1, 0.15) is 11.5 Å². The van der Waals surface area contributed by atoms with Crippen molar-refractivity contribution >= 4 is 29.1 Å². The maximum absolute atomic E-state index is 13.3. The number of nitro groups is 1. The van der Waals surface area contributed by atoms with Crippen LogP contribution in [0.4, 0.5) is 5.69 Å². The van der Waals surface area contributed by atoms with Gasteiger partial charge in [0.2, 0.25) is 11.8 Å². The Balaban J connectivity index is 2.08. The first kappa shape index (κ1) is 24.4. The topological polar surface area (TPSA) is 150 Å². The van der Waals surface area contributed by atoms with Crippen molar-refractivity contribution in [3.63, 3.8) is 0 Å². The quantitative estimate of drug-likeness (QED) is 0.441. The standard InChI is InChI=1S/C21H22ClN5O6/c22-18-2-1-14(27(30)31)11-15(18)19(16(12-23)20(28)25-3-7-32-8-4-25)17(13-24)21(29)26-5-9-33-10-6-26/h1-2,11,16-17,19H,3-10H2/t16-,17-/m0/s1. The molecule has 0 unspecified atom stereocenters. The number of hydrogen-bond donors (Lipinski definition) is 0. The molecule has 3 rings (SSSR count). The fraction of sp³-hybridized carbons (Fsp3) is 0.524. The van der Waals surface area contributed by atoms with E-state index >= 15 is 0 Å². The smallest absolute Gasteiger partial charge is 0.269 e. The Hall–Kier alpha value is -3.25. The Morgan fingerprint density at radius 1 is 0.970 bits per heavy atom. The second kappa shape index (κ2) is 11.1. The number of benzene rings is 1. The number of morpholine rings is 2. The number of ether oxygens (including phenoxy) is 2. The zero-order valence-electron chi connectivity index (χ0n) is 17.7. The number of halogens is 1. The van der Waals surface area contributed by atoms with Crippen molar-refractivity contribution in [3.05, 3.63) is 38.9 Å². The summed E-state index contributed by atoms with van der Waals surface area (Å²) >= 11 is 6.35. The summed E-state index contributed by atoms with van der Waals surface area (Å²) in [6.07, 6.45) is 0. The second-order valence-electron chi connectivity index (χ2n) is 7.58. The van der Waals surface area contributed by atoms with Crippen molar-refractivity contribution in [2.75, 3.05) is 52.6 Å². The third kappa shape index (κ3) is 5.40. The molecule has 1 aromatic carbocycles. The lowest BCUT2D eigenvalue weighted by Crippen LogP contribution is -2.48. The number of rotatable bonds is 6. The molecule has 0 N–H and O–H groups in total. The summed E-state index contributed by atoms with van der Waals surface area (Å²) in [5.74, 6) is -5.39. The molecule has 1 aromatic rings. The molecule has 0 spiro atoms. The Morgan fingerprint density at radius 3 is 1.82 bits per heavy atom. The van der Waals surface area contributed by atoms with Crippen LogP contribution in [0, 0.1) is 44.6 Å². The van der Waals surface area contributed by atoms with Gasteiger partial charge in [-0.1, -0.05) is 11.6 Å². The van der Waals surface area contributed by atoms with E-state index < -0.39 is 34.5 Å². The zero-order valence-corrected chi connectivity index (χ0v) is 18.4. The number of hydrogen-bond acceptors (Lipinski definition) is 8. The summed E-state index contributed by atoms with van der Waals surface area (Å²) in [5.41, 5.74) is -0.294. The highest BCUT2D eigenvalue weighted by Gasteiger charge is 2.44. The predicted octanol–water partition coefficient (Wildman–Crippen LogP) is 1.33. The first-order valence-corrected chi connectivity index (χ1v) is 10.7. The number of amides is 2. The summed E-state index contributed by atoms with van der Waals surface area (Å²) in [7, 11) is 0. The molecule has 2 amide bonds. The Labute approximate surface area is 195 Å². The predicted molar refractivity (Wildman–Crippen MR) is 114 cm³/mol. The van der Waals surface area contributed by atoms with E-state index in [1.54, 1.807) is 0 Å². The van der Waals surface area contributed by atoms with E-state index in [-0.39, 0.29) is 42.5 Å². The van der Waals surface area contributed by atoms with Crippen LogP contribution in [0.3, 0.4) is 0 Å². The lowest BCUT2D eigenvalue weighted by atomic mass is 9.76. The average Bonchev–Trinajstić information content (AvgIpc) is 2.85. The Morgan fingerprint density at radius 2 is 1.42 bits per heavy atom. The van der Waals surface area contributed by atoms with E-state index in [4.69, 9.17) is 21.1 Å². The molecule has 0 radical (unpaired) electrons. The monoisotopic (exact) mass is 475 g/mol. The number of non-ortho nitro benzene ring substituents is 1. The lowest BCUT2D eigenvalue weighted by molar-refractivity contribution is -0.384. The van der Waals surface area contributed by atoms with Crippen LogP contribution < -0.4 is 0 Å². The molecule has 2 saturated heterocycles. The third-order valence-corrected chi connectivity index (χ3v) is 6.07. The van der Waals surface area contributed by atoms with Gasteiger partial charge in [0.05, 0.1) is 43.5 Å². The van der Waals surface area contributed by atoms with E-state index in [1.165, 1.54) is 21.9 Å². The highest BCUT2D eigenvalue weighted by Crippen LogP contribution is 2.40. The van der Waals surface area contributed by atoms with Crippen LogP contribution in [0.5, 0.6) is 0 Å². The third-order valence-electron chi connectivity index (χ3n) is 5.72. The average molecular weight is 476 g/mol. The van der Waals surface area contributed by atoms with Crippen molar-refractivity contribution in [2.24, 2.45) is 11.8 Å². The number of nitrogens with zero attached hydrogens (tertiary/aromatic N) is 5. The fourth-order valence-corrected chi connectivity index (χ4v) is 4.23. The van der Waals surface area contributed by atoms with E-state index in [1.807, 2.05) is 12.1 Å². The van der Waals surface area contributed by atoms with Gasteiger partial charge in [-0.2, -0.15) is 10.5 Å². The molecular weight excluding hydrogens is 454 g/mol. The van der Waals surface area contributed by atoms with E-state index in [0.717, 1.165) is 6.07 Å². The van der Waals surface area contributed by atoms with Gasteiger partial charge in [-0.3, -0.25) is 19.7 Å². The van der Waals surface area contributed by atoms with Crippen molar-refractivity contribution in [1.29, 1.82) is 10.5 Å². The molecule has 0 saturated carbocycles. The number of nitriles is 2. The van der Waals surface area contributed by atoms with Crippen molar-refractivity contribution in [2.45, 2.75) is 5.92 Å². The van der Waals surface area contributed by atoms with Gasteiger partial charge in [0.1, 0.15) is 11.8 Å². The molecular formula is C21H22ClN5O6. The van der Waals surface area contributed by atoms with Crippen molar-refractivity contribution in [3.8, 4) is 12.1 Å².